The summed E-state index contributed by atoms with van der Waals surface area (Å²) in [5.74, 6) is 0. The minimum Gasteiger partial charge on any atom is -0.0683 e. The van der Waals surface area contributed by atoms with Crippen molar-refractivity contribution in [1.29, 1.82) is 0 Å². The predicted molar refractivity (Wildman–Crippen MR) is 74.0 cm³/mol. The fourth-order valence-corrected chi connectivity index (χ4v) is 2.62. The highest BCUT2D eigenvalue weighted by molar-refractivity contribution is 5.77. The van der Waals surface area contributed by atoms with Gasteiger partial charge in [-0.25, -0.2) is 0 Å². The van der Waals surface area contributed by atoms with Crippen molar-refractivity contribution in [3.63, 3.8) is 0 Å². The highest BCUT2D eigenvalue weighted by Gasteiger charge is 2.14. The number of benzene rings is 2. The van der Waals surface area contributed by atoms with E-state index < -0.39 is 0 Å². The molecule has 0 fully saturated rings. The van der Waals surface area contributed by atoms with Crippen molar-refractivity contribution >= 4 is 6.08 Å². The van der Waals surface area contributed by atoms with Crippen molar-refractivity contribution in [2.24, 2.45) is 0 Å². The van der Waals surface area contributed by atoms with Gasteiger partial charge in [0.05, 0.1) is 0 Å². The SMILES string of the molecule is CC1=Cc2cccc(-c3cccc(C)c3)c2C1. The summed E-state index contributed by atoms with van der Waals surface area (Å²) < 4.78 is 0. The zero-order valence-electron chi connectivity index (χ0n) is 10.3. The Hall–Kier alpha value is -1.82. The Morgan fingerprint density at radius 1 is 0.941 bits per heavy atom. The monoisotopic (exact) mass is 220 g/mol. The van der Waals surface area contributed by atoms with E-state index in [0.717, 1.165) is 6.42 Å². The van der Waals surface area contributed by atoms with E-state index in [9.17, 15) is 0 Å². The lowest BCUT2D eigenvalue weighted by atomic mass is 9.95. The topological polar surface area (TPSA) is 0 Å². The van der Waals surface area contributed by atoms with Gasteiger partial charge in [-0.15, -0.1) is 0 Å². The molecule has 0 saturated heterocycles. The van der Waals surface area contributed by atoms with E-state index >= 15 is 0 Å². The van der Waals surface area contributed by atoms with E-state index in [2.05, 4.69) is 62.4 Å². The second kappa shape index (κ2) is 3.89. The van der Waals surface area contributed by atoms with Crippen molar-refractivity contribution < 1.29 is 0 Å². The molecule has 84 valence electrons. The molecule has 0 nitrogen and oxygen atoms in total. The van der Waals surface area contributed by atoms with Crippen molar-refractivity contribution in [1.82, 2.24) is 0 Å². The third-order valence-electron chi connectivity index (χ3n) is 3.40. The maximum absolute atomic E-state index is 2.30. The molecule has 0 saturated carbocycles. The Labute approximate surface area is 103 Å². The molecule has 1 aliphatic rings. The number of allylic oxidation sites excluding steroid dienone is 1. The van der Waals surface area contributed by atoms with Crippen LogP contribution in [0, 0.1) is 6.92 Å². The van der Waals surface area contributed by atoms with E-state index in [1.807, 2.05) is 0 Å². The highest BCUT2D eigenvalue weighted by atomic mass is 14.2. The third kappa shape index (κ3) is 1.80. The smallest absolute Gasteiger partial charge is 0.00544 e. The summed E-state index contributed by atoms with van der Waals surface area (Å²) in [4.78, 5) is 0. The van der Waals surface area contributed by atoms with Crippen LogP contribution >= 0.6 is 0 Å². The van der Waals surface area contributed by atoms with Crippen molar-refractivity contribution in [3.8, 4) is 11.1 Å². The summed E-state index contributed by atoms with van der Waals surface area (Å²) in [6.07, 6.45) is 3.40. The molecule has 0 unspecified atom stereocenters. The van der Waals surface area contributed by atoms with Crippen LogP contribution in [-0.2, 0) is 6.42 Å². The lowest BCUT2D eigenvalue weighted by Crippen LogP contribution is -1.89. The lowest BCUT2D eigenvalue weighted by Gasteiger charge is -2.09. The van der Waals surface area contributed by atoms with Gasteiger partial charge in [0.15, 0.2) is 0 Å². The Morgan fingerprint density at radius 3 is 2.59 bits per heavy atom. The molecule has 0 N–H and O–H groups in total. The first-order valence-corrected chi connectivity index (χ1v) is 6.10. The van der Waals surface area contributed by atoms with Crippen LogP contribution in [0.4, 0.5) is 0 Å². The van der Waals surface area contributed by atoms with Gasteiger partial charge in [0.2, 0.25) is 0 Å². The molecule has 17 heavy (non-hydrogen) atoms. The average molecular weight is 220 g/mol. The summed E-state index contributed by atoms with van der Waals surface area (Å²) in [5.41, 5.74) is 8.38. The fourth-order valence-electron chi connectivity index (χ4n) is 2.62. The van der Waals surface area contributed by atoms with E-state index in [-0.39, 0.29) is 0 Å². The molecule has 2 aromatic carbocycles. The van der Waals surface area contributed by atoms with Crippen LogP contribution in [0.25, 0.3) is 17.2 Å². The molecule has 0 heterocycles. The first-order chi connectivity index (χ1) is 8.24. The molecule has 2 aromatic rings. The molecule has 0 radical (unpaired) electrons. The molecule has 0 aromatic heterocycles. The Bertz CT molecular complexity index is 603. The summed E-state index contributed by atoms with van der Waals surface area (Å²) in [7, 11) is 0. The minimum atomic E-state index is 1.10. The van der Waals surface area contributed by atoms with E-state index in [1.54, 1.807) is 0 Å². The standard InChI is InChI=1S/C17H16/c1-12-5-3-6-14(9-12)16-8-4-7-15-10-13(2)11-17(15)16/h3-10H,11H2,1-2H3. The molecule has 0 amide bonds. The maximum atomic E-state index is 2.30. The van der Waals surface area contributed by atoms with Crippen molar-refractivity contribution in [3.05, 3.63) is 64.7 Å². The van der Waals surface area contributed by atoms with Gasteiger partial charge in [0.1, 0.15) is 0 Å². The van der Waals surface area contributed by atoms with Gasteiger partial charge >= 0.3 is 0 Å². The van der Waals surface area contributed by atoms with Crippen molar-refractivity contribution in [2.45, 2.75) is 20.3 Å². The zero-order valence-corrected chi connectivity index (χ0v) is 10.3. The summed E-state index contributed by atoms with van der Waals surface area (Å²) >= 11 is 0. The quantitative estimate of drug-likeness (QED) is 0.657. The van der Waals surface area contributed by atoms with Gasteiger partial charge in [0.25, 0.3) is 0 Å². The first kappa shape index (κ1) is 10.3. The van der Waals surface area contributed by atoms with Crippen LogP contribution in [0.15, 0.2) is 48.0 Å². The summed E-state index contributed by atoms with van der Waals surface area (Å²) in [6.45, 7) is 4.36. The van der Waals surface area contributed by atoms with Crippen LogP contribution in [0.1, 0.15) is 23.6 Å². The fraction of sp³-hybridized carbons (Fsp3) is 0.176. The van der Waals surface area contributed by atoms with Crippen LogP contribution in [-0.4, -0.2) is 0 Å². The Morgan fingerprint density at radius 2 is 1.76 bits per heavy atom. The molecular weight excluding hydrogens is 204 g/mol. The minimum absolute atomic E-state index is 1.10. The van der Waals surface area contributed by atoms with Gasteiger partial charge in [0, 0.05) is 0 Å². The van der Waals surface area contributed by atoms with Gasteiger partial charge in [-0.3, -0.25) is 0 Å². The van der Waals surface area contributed by atoms with Crippen LogP contribution < -0.4 is 0 Å². The van der Waals surface area contributed by atoms with E-state index in [0.29, 0.717) is 0 Å². The average Bonchev–Trinajstić information content (AvgIpc) is 2.68. The molecule has 0 atom stereocenters. The first-order valence-electron chi connectivity index (χ1n) is 6.10. The second-order valence-corrected chi connectivity index (χ2v) is 4.91. The number of hydrogen-bond donors (Lipinski definition) is 0. The summed E-state index contributed by atoms with van der Waals surface area (Å²) in [5, 5.41) is 0. The largest absolute Gasteiger partial charge is 0.0683 e. The predicted octanol–water partition coefficient (Wildman–Crippen LogP) is 4.62. The number of hydrogen-bond acceptors (Lipinski definition) is 0. The van der Waals surface area contributed by atoms with Gasteiger partial charge in [-0.1, -0.05) is 59.7 Å². The second-order valence-electron chi connectivity index (χ2n) is 4.91. The van der Waals surface area contributed by atoms with Crippen LogP contribution in [0.3, 0.4) is 0 Å². The van der Waals surface area contributed by atoms with Gasteiger partial charge in [-0.2, -0.15) is 0 Å². The Kier molecular flexibility index (Phi) is 2.36. The zero-order chi connectivity index (χ0) is 11.8. The summed E-state index contributed by atoms with van der Waals surface area (Å²) in [6, 6.07) is 15.4. The van der Waals surface area contributed by atoms with Crippen LogP contribution in [0.5, 0.6) is 0 Å². The normalized spacial score (nSPS) is 13.4. The molecule has 3 rings (SSSR count). The number of fused-ring (bicyclic) bond motifs is 1. The van der Waals surface area contributed by atoms with E-state index in [1.165, 1.54) is 33.4 Å². The van der Waals surface area contributed by atoms with Crippen molar-refractivity contribution in [2.75, 3.05) is 0 Å². The van der Waals surface area contributed by atoms with Gasteiger partial charge < -0.3 is 0 Å². The number of aryl methyl sites for hydroxylation is 1. The highest BCUT2D eigenvalue weighted by Crippen LogP contribution is 2.33. The molecular formula is C17H16. The van der Waals surface area contributed by atoms with Gasteiger partial charge in [-0.05, 0) is 42.5 Å². The third-order valence-corrected chi connectivity index (χ3v) is 3.40. The van der Waals surface area contributed by atoms with Crippen LogP contribution in [0.2, 0.25) is 0 Å². The molecule has 0 bridgehead atoms. The Balaban J connectivity index is 2.16. The molecule has 0 spiro atoms. The molecule has 1 aliphatic carbocycles. The molecule has 0 heteroatoms. The number of rotatable bonds is 1. The maximum Gasteiger partial charge on any atom is -0.00544 e. The lowest BCUT2D eigenvalue weighted by molar-refractivity contribution is 1.20. The van der Waals surface area contributed by atoms with E-state index in [4.69, 9.17) is 0 Å². The molecule has 0 aliphatic heterocycles.